The number of amides is 1. The van der Waals surface area contributed by atoms with Crippen LogP contribution in [0.4, 0.5) is 0 Å². The predicted octanol–water partition coefficient (Wildman–Crippen LogP) is 2.73. The zero-order chi connectivity index (χ0) is 30.4. The molecule has 4 aliphatic carbocycles. The van der Waals surface area contributed by atoms with Crippen LogP contribution in [0, 0.1) is 34.0 Å². The summed E-state index contributed by atoms with van der Waals surface area (Å²) >= 11 is 0. The third-order valence-electron chi connectivity index (χ3n) is 11.2. The van der Waals surface area contributed by atoms with Gasteiger partial charge in [-0.15, -0.1) is 0 Å². The van der Waals surface area contributed by atoms with Crippen LogP contribution in [-0.2, 0) is 28.7 Å². The first kappa shape index (κ1) is 31.3. The molecular formula is C31H45NO9. The van der Waals surface area contributed by atoms with Crippen LogP contribution in [0.3, 0.4) is 0 Å². The Bertz CT molecular complexity index is 1140. The fraction of sp³-hybridized carbons (Fsp3) is 0.774. The number of carboxylic acids is 1. The Kier molecular flexibility index (Phi) is 8.60. The number of Topliss-reactive ketones (excluding diaryl/α,β-unsaturated/α-hetero) is 1. The maximum Gasteiger partial charge on any atom is 0.333 e. The number of aliphatic hydroxyl groups excluding tert-OH is 1. The highest BCUT2D eigenvalue weighted by atomic mass is 16.5. The molecule has 0 aliphatic heterocycles. The van der Waals surface area contributed by atoms with Gasteiger partial charge in [0.2, 0.25) is 11.7 Å². The van der Waals surface area contributed by atoms with E-state index in [1.807, 2.05) is 13.0 Å². The second-order valence-electron chi connectivity index (χ2n) is 13.9. The highest BCUT2D eigenvalue weighted by molar-refractivity contribution is 5.92. The van der Waals surface area contributed by atoms with Crippen molar-refractivity contribution >= 4 is 29.4 Å². The molecule has 0 saturated heterocycles. The minimum absolute atomic E-state index is 0.00347. The smallest absolute Gasteiger partial charge is 0.333 e. The standard InChI is InChI=1S/C31H45NO9/c1-28(2,26(37)27(38)39)17-32-24(35)7-8-25(36)41-16-23(34)31(40)14-11-22-20-6-5-18-15-19(33)9-12-29(18,3)21(20)10-13-30(22,31)4/h15,20-22,26,37,40H,5-14,16-17H2,1-4H3,(H,32,35)(H,38,39)/t20-,21+,22-,26+,29+,30+,31+/m1/s1. The quantitative estimate of drug-likeness (QED) is 0.286. The molecule has 0 heterocycles. The lowest BCUT2D eigenvalue weighted by atomic mass is 9.46. The molecule has 0 aromatic rings. The first-order chi connectivity index (χ1) is 19.0. The third kappa shape index (κ3) is 5.61. The number of nitrogens with one attached hydrogen (secondary N) is 1. The molecule has 0 aromatic heterocycles. The van der Waals surface area contributed by atoms with E-state index < -0.39 is 52.8 Å². The van der Waals surface area contributed by atoms with Crippen LogP contribution in [0.2, 0.25) is 0 Å². The summed E-state index contributed by atoms with van der Waals surface area (Å²) in [6.45, 7) is 6.63. The van der Waals surface area contributed by atoms with Crippen LogP contribution in [0.5, 0.6) is 0 Å². The predicted molar refractivity (Wildman–Crippen MR) is 147 cm³/mol. The second-order valence-corrected chi connectivity index (χ2v) is 13.9. The molecule has 0 bridgehead atoms. The van der Waals surface area contributed by atoms with Crippen molar-refractivity contribution in [3.8, 4) is 0 Å². The Labute approximate surface area is 241 Å². The molecule has 10 nitrogen and oxygen atoms in total. The molecule has 0 radical (unpaired) electrons. The summed E-state index contributed by atoms with van der Waals surface area (Å²) in [6.07, 6.45) is 5.60. The number of hydrogen-bond donors (Lipinski definition) is 4. The summed E-state index contributed by atoms with van der Waals surface area (Å²) in [5.74, 6) is -1.97. The summed E-state index contributed by atoms with van der Waals surface area (Å²) in [5.41, 5.74) is -2.05. The zero-order valence-corrected chi connectivity index (χ0v) is 24.7. The maximum atomic E-state index is 13.4. The first-order valence-electron chi connectivity index (χ1n) is 14.9. The van der Waals surface area contributed by atoms with Crippen molar-refractivity contribution in [3.05, 3.63) is 11.6 Å². The highest BCUT2D eigenvalue weighted by Crippen LogP contribution is 2.67. The van der Waals surface area contributed by atoms with Gasteiger partial charge < -0.3 is 25.4 Å². The van der Waals surface area contributed by atoms with Crippen molar-refractivity contribution < 1.29 is 44.0 Å². The minimum atomic E-state index is -1.66. The summed E-state index contributed by atoms with van der Waals surface area (Å²) in [5, 5.41) is 33.0. The molecule has 1 amide bonds. The number of allylic oxidation sites excluding steroid dienone is 1. The number of carbonyl (C=O) groups is 5. The van der Waals surface area contributed by atoms with Gasteiger partial charge in [-0.1, -0.05) is 33.3 Å². The molecule has 3 saturated carbocycles. The van der Waals surface area contributed by atoms with E-state index in [9.17, 15) is 34.2 Å². The van der Waals surface area contributed by atoms with Crippen LogP contribution >= 0.6 is 0 Å². The monoisotopic (exact) mass is 575 g/mol. The summed E-state index contributed by atoms with van der Waals surface area (Å²) in [7, 11) is 0. The van der Waals surface area contributed by atoms with E-state index in [1.165, 1.54) is 19.4 Å². The van der Waals surface area contributed by atoms with Gasteiger partial charge in [0.15, 0.2) is 18.5 Å². The molecule has 3 fully saturated rings. The van der Waals surface area contributed by atoms with Crippen LogP contribution in [0.25, 0.3) is 0 Å². The second kappa shape index (κ2) is 11.2. The van der Waals surface area contributed by atoms with E-state index >= 15 is 0 Å². The molecular weight excluding hydrogens is 530 g/mol. The number of rotatable bonds is 10. The van der Waals surface area contributed by atoms with Crippen LogP contribution in [0.15, 0.2) is 11.6 Å². The van der Waals surface area contributed by atoms with Crippen molar-refractivity contribution in [2.75, 3.05) is 13.2 Å². The average molecular weight is 576 g/mol. The Hall–Kier alpha value is -2.59. The molecule has 4 rings (SSSR count). The van der Waals surface area contributed by atoms with E-state index in [0.717, 1.165) is 32.1 Å². The van der Waals surface area contributed by atoms with Crippen LogP contribution < -0.4 is 5.32 Å². The van der Waals surface area contributed by atoms with Crippen LogP contribution in [0.1, 0.15) is 91.9 Å². The Morgan fingerprint density at radius 2 is 1.73 bits per heavy atom. The van der Waals surface area contributed by atoms with Crippen molar-refractivity contribution in [2.45, 2.75) is 104 Å². The van der Waals surface area contributed by atoms with Gasteiger partial charge in [0.1, 0.15) is 5.60 Å². The van der Waals surface area contributed by atoms with Crippen molar-refractivity contribution in [3.63, 3.8) is 0 Å². The van der Waals surface area contributed by atoms with Crippen molar-refractivity contribution in [1.29, 1.82) is 0 Å². The van der Waals surface area contributed by atoms with Gasteiger partial charge in [0, 0.05) is 30.2 Å². The van der Waals surface area contributed by atoms with E-state index in [2.05, 4.69) is 12.2 Å². The van der Waals surface area contributed by atoms with E-state index in [-0.39, 0.29) is 36.5 Å². The Morgan fingerprint density at radius 3 is 2.41 bits per heavy atom. The normalized spacial score (nSPS) is 35.3. The first-order valence-corrected chi connectivity index (χ1v) is 14.9. The van der Waals surface area contributed by atoms with Gasteiger partial charge in [-0.25, -0.2) is 4.79 Å². The Morgan fingerprint density at radius 1 is 1.05 bits per heavy atom. The average Bonchev–Trinajstić information content (AvgIpc) is 3.20. The van der Waals surface area contributed by atoms with Crippen LogP contribution in [-0.4, -0.2) is 69.6 Å². The molecule has 4 N–H and O–H groups in total. The van der Waals surface area contributed by atoms with E-state index in [0.29, 0.717) is 31.1 Å². The number of ketones is 2. The Balaban J connectivity index is 1.30. The van der Waals surface area contributed by atoms with Crippen molar-refractivity contribution in [1.82, 2.24) is 5.32 Å². The van der Waals surface area contributed by atoms with E-state index in [1.54, 1.807) is 0 Å². The van der Waals surface area contributed by atoms with Gasteiger partial charge >= 0.3 is 11.9 Å². The minimum Gasteiger partial charge on any atom is -0.479 e. The lowest BCUT2D eigenvalue weighted by Gasteiger charge is -2.58. The van der Waals surface area contributed by atoms with Gasteiger partial charge in [-0.3, -0.25) is 19.2 Å². The summed E-state index contributed by atoms with van der Waals surface area (Å²) in [6, 6.07) is 0. The highest BCUT2D eigenvalue weighted by Gasteiger charge is 2.66. The number of hydrogen-bond acceptors (Lipinski definition) is 8. The van der Waals surface area contributed by atoms with Gasteiger partial charge in [0.25, 0.3) is 0 Å². The van der Waals surface area contributed by atoms with Gasteiger partial charge in [-0.2, -0.15) is 0 Å². The molecule has 228 valence electrons. The topological polar surface area (TPSA) is 167 Å². The molecule has 0 spiro atoms. The number of ether oxygens (including phenoxy) is 1. The van der Waals surface area contributed by atoms with E-state index in [4.69, 9.17) is 9.84 Å². The zero-order valence-electron chi connectivity index (χ0n) is 24.7. The van der Waals surface area contributed by atoms with Crippen molar-refractivity contribution in [2.24, 2.45) is 34.0 Å². The molecule has 10 heteroatoms. The SMILES string of the molecule is CC(C)(CNC(=O)CCC(=O)OCC(=O)[C@@]1(O)CC[C@@H]2[C@@H]3CCC4=CC(=O)CC[C@]4(C)[C@H]3CC[C@@]21C)[C@@H](O)C(=O)O. The lowest BCUT2D eigenvalue weighted by molar-refractivity contribution is -0.170. The summed E-state index contributed by atoms with van der Waals surface area (Å²) in [4.78, 5) is 60.9. The number of fused-ring (bicyclic) bond motifs is 5. The number of esters is 1. The molecule has 7 atom stereocenters. The van der Waals surface area contributed by atoms with Gasteiger partial charge in [-0.05, 0) is 74.2 Å². The summed E-state index contributed by atoms with van der Waals surface area (Å²) < 4.78 is 5.19. The number of carbonyl (C=O) groups excluding carboxylic acids is 4. The third-order valence-corrected chi connectivity index (χ3v) is 11.2. The number of carboxylic acid groups (broad SMARTS) is 1. The fourth-order valence-corrected chi connectivity index (χ4v) is 8.43. The maximum absolute atomic E-state index is 13.4. The molecule has 4 aliphatic rings. The number of aliphatic carboxylic acids is 1. The number of aliphatic hydroxyl groups is 2. The van der Waals surface area contributed by atoms with Gasteiger partial charge in [0.05, 0.1) is 6.42 Å². The molecule has 0 aromatic carbocycles. The fourth-order valence-electron chi connectivity index (χ4n) is 8.43. The lowest BCUT2D eigenvalue weighted by Crippen LogP contribution is -2.58. The molecule has 0 unspecified atom stereocenters. The molecule has 41 heavy (non-hydrogen) atoms. The largest absolute Gasteiger partial charge is 0.479 e.